The number of halogens is 4. The minimum absolute atomic E-state index is 0.417. The Labute approximate surface area is 70.6 Å². The molecule has 3 nitrogen and oxygen atoms in total. The molecule has 0 aromatic carbocycles. The van der Waals surface area contributed by atoms with Gasteiger partial charge in [0, 0.05) is 0 Å². The lowest BCUT2D eigenvalue weighted by Crippen LogP contribution is -2.15. The zero-order valence-corrected chi connectivity index (χ0v) is 6.48. The number of alkyl halides is 3. The fourth-order valence-electron chi connectivity index (χ4n) is 0.769. The van der Waals surface area contributed by atoms with Crippen molar-refractivity contribution in [3.05, 3.63) is 17.2 Å². The van der Waals surface area contributed by atoms with Gasteiger partial charge in [0.2, 0.25) is 5.95 Å². The summed E-state index contributed by atoms with van der Waals surface area (Å²) in [6.45, 7) is 1.09. The van der Waals surface area contributed by atoms with Crippen molar-refractivity contribution in [2.24, 2.45) is 0 Å². The van der Waals surface area contributed by atoms with Crippen molar-refractivity contribution >= 4 is 5.95 Å². The number of anilines is 1. The number of nitrogen functional groups attached to an aromatic ring is 1. The summed E-state index contributed by atoms with van der Waals surface area (Å²) in [4.78, 5) is 6.01. The summed E-state index contributed by atoms with van der Waals surface area (Å²) in [7, 11) is 0. The van der Waals surface area contributed by atoms with E-state index in [1.165, 1.54) is 0 Å². The summed E-state index contributed by atoms with van der Waals surface area (Å²) in [5, 5.41) is 0. The number of hydrogen-bond acceptors (Lipinski definition) is 3. The molecule has 1 aromatic heterocycles. The van der Waals surface area contributed by atoms with Crippen LogP contribution >= 0.6 is 0 Å². The van der Waals surface area contributed by atoms with Crippen LogP contribution in [0.5, 0.6) is 0 Å². The zero-order valence-electron chi connectivity index (χ0n) is 6.48. The molecule has 0 saturated carbocycles. The lowest BCUT2D eigenvalue weighted by molar-refractivity contribution is -0.143. The monoisotopic (exact) mass is 195 g/mol. The first kappa shape index (κ1) is 9.69. The van der Waals surface area contributed by atoms with Crippen LogP contribution in [-0.4, -0.2) is 9.97 Å². The van der Waals surface area contributed by atoms with Gasteiger partial charge in [0.15, 0.2) is 11.5 Å². The van der Waals surface area contributed by atoms with E-state index < -0.39 is 29.3 Å². The molecule has 0 aliphatic rings. The molecule has 0 amide bonds. The Hall–Kier alpha value is -1.40. The smallest absolute Gasteiger partial charge is 0.368 e. The zero-order chi connectivity index (χ0) is 10.2. The SMILES string of the molecule is Cc1nc(N)nc(C(F)(F)F)c1F. The summed E-state index contributed by atoms with van der Waals surface area (Å²) in [5.74, 6) is -2.08. The first-order valence-corrected chi connectivity index (χ1v) is 3.19. The number of nitrogens with two attached hydrogens (primary N) is 1. The highest BCUT2D eigenvalue weighted by Gasteiger charge is 2.37. The molecule has 0 aliphatic heterocycles. The van der Waals surface area contributed by atoms with Gasteiger partial charge >= 0.3 is 6.18 Å². The Morgan fingerprint density at radius 2 is 1.77 bits per heavy atom. The molecule has 2 N–H and O–H groups in total. The molecular formula is C6H5F4N3. The highest BCUT2D eigenvalue weighted by atomic mass is 19.4. The molecule has 0 aliphatic carbocycles. The van der Waals surface area contributed by atoms with Gasteiger partial charge in [-0.05, 0) is 6.92 Å². The van der Waals surface area contributed by atoms with Gasteiger partial charge in [0.05, 0.1) is 5.69 Å². The van der Waals surface area contributed by atoms with E-state index in [0.29, 0.717) is 0 Å². The maximum absolute atomic E-state index is 12.8. The van der Waals surface area contributed by atoms with Crippen LogP contribution in [0.3, 0.4) is 0 Å². The molecule has 1 rings (SSSR count). The molecule has 0 fully saturated rings. The Bertz CT molecular complexity index is 333. The van der Waals surface area contributed by atoms with Crippen LogP contribution in [-0.2, 0) is 6.18 Å². The van der Waals surface area contributed by atoms with E-state index in [-0.39, 0.29) is 0 Å². The minimum Gasteiger partial charge on any atom is -0.368 e. The molecule has 7 heteroatoms. The largest absolute Gasteiger partial charge is 0.436 e. The number of nitrogens with zero attached hydrogens (tertiary/aromatic N) is 2. The Balaban J connectivity index is 3.37. The molecule has 72 valence electrons. The third-order valence-electron chi connectivity index (χ3n) is 1.30. The normalized spacial score (nSPS) is 11.8. The van der Waals surface area contributed by atoms with Crippen molar-refractivity contribution in [3.63, 3.8) is 0 Å². The summed E-state index contributed by atoms with van der Waals surface area (Å²) < 4.78 is 48.8. The fourth-order valence-corrected chi connectivity index (χ4v) is 0.769. The van der Waals surface area contributed by atoms with Gasteiger partial charge < -0.3 is 5.73 Å². The third-order valence-corrected chi connectivity index (χ3v) is 1.30. The lowest BCUT2D eigenvalue weighted by Gasteiger charge is -2.08. The van der Waals surface area contributed by atoms with Crippen LogP contribution < -0.4 is 5.73 Å². The maximum atomic E-state index is 12.8. The van der Waals surface area contributed by atoms with E-state index in [1.54, 1.807) is 0 Å². The molecule has 0 atom stereocenters. The van der Waals surface area contributed by atoms with Crippen molar-refractivity contribution in [1.82, 2.24) is 9.97 Å². The van der Waals surface area contributed by atoms with Crippen molar-refractivity contribution in [2.75, 3.05) is 5.73 Å². The van der Waals surface area contributed by atoms with E-state index in [2.05, 4.69) is 9.97 Å². The number of hydrogen-bond donors (Lipinski definition) is 1. The van der Waals surface area contributed by atoms with E-state index >= 15 is 0 Å². The molecule has 1 heterocycles. The lowest BCUT2D eigenvalue weighted by atomic mass is 10.3. The highest BCUT2D eigenvalue weighted by Crippen LogP contribution is 2.30. The van der Waals surface area contributed by atoms with Gasteiger partial charge in [0.25, 0.3) is 0 Å². The number of aromatic nitrogens is 2. The first-order valence-electron chi connectivity index (χ1n) is 3.19. The second kappa shape index (κ2) is 2.82. The molecule has 0 saturated heterocycles. The van der Waals surface area contributed by atoms with Crippen molar-refractivity contribution in [1.29, 1.82) is 0 Å². The van der Waals surface area contributed by atoms with Crippen LogP contribution in [0.2, 0.25) is 0 Å². The van der Waals surface area contributed by atoms with E-state index in [4.69, 9.17) is 5.73 Å². The number of aryl methyl sites for hydroxylation is 1. The van der Waals surface area contributed by atoms with Gasteiger partial charge in [-0.1, -0.05) is 0 Å². The Kier molecular flexibility index (Phi) is 2.10. The average Bonchev–Trinajstić information content (AvgIpc) is 1.94. The highest BCUT2D eigenvalue weighted by molar-refractivity contribution is 5.25. The Morgan fingerprint density at radius 1 is 1.23 bits per heavy atom. The standard InChI is InChI=1S/C6H5F4N3/c1-2-3(7)4(6(8,9)10)13-5(11)12-2/h1H3,(H2,11,12,13). The summed E-state index contributed by atoms with van der Waals surface area (Å²) in [6.07, 6.45) is -4.84. The molecule has 0 unspecified atom stereocenters. The molecule has 1 aromatic rings. The predicted molar refractivity (Wildman–Crippen MR) is 36.1 cm³/mol. The van der Waals surface area contributed by atoms with Gasteiger partial charge in [-0.25, -0.2) is 14.4 Å². The van der Waals surface area contributed by atoms with Crippen LogP contribution in [0.4, 0.5) is 23.5 Å². The average molecular weight is 195 g/mol. The molecule has 13 heavy (non-hydrogen) atoms. The van der Waals surface area contributed by atoms with Crippen molar-refractivity contribution in [2.45, 2.75) is 13.1 Å². The Morgan fingerprint density at radius 3 is 2.23 bits per heavy atom. The van der Waals surface area contributed by atoms with E-state index in [0.717, 1.165) is 6.92 Å². The van der Waals surface area contributed by atoms with Crippen LogP contribution in [0.15, 0.2) is 0 Å². The van der Waals surface area contributed by atoms with E-state index in [1.807, 2.05) is 0 Å². The fraction of sp³-hybridized carbons (Fsp3) is 0.333. The summed E-state index contributed by atoms with van der Waals surface area (Å²) in [6, 6.07) is 0. The van der Waals surface area contributed by atoms with Gasteiger partial charge in [-0.3, -0.25) is 0 Å². The topological polar surface area (TPSA) is 51.8 Å². The number of rotatable bonds is 0. The van der Waals surface area contributed by atoms with Crippen molar-refractivity contribution in [3.8, 4) is 0 Å². The minimum atomic E-state index is -4.84. The first-order chi connectivity index (χ1) is 5.82. The quantitative estimate of drug-likeness (QED) is 0.638. The molecule has 0 bridgehead atoms. The summed E-state index contributed by atoms with van der Waals surface area (Å²) in [5.41, 5.74) is 2.89. The third kappa shape index (κ3) is 1.85. The van der Waals surface area contributed by atoms with Crippen LogP contribution in [0.1, 0.15) is 11.4 Å². The second-order valence-electron chi connectivity index (χ2n) is 2.33. The molecular weight excluding hydrogens is 190 g/mol. The molecule has 0 radical (unpaired) electrons. The maximum Gasteiger partial charge on any atom is 0.436 e. The molecule has 0 spiro atoms. The second-order valence-corrected chi connectivity index (χ2v) is 2.33. The van der Waals surface area contributed by atoms with Crippen molar-refractivity contribution < 1.29 is 17.6 Å². The van der Waals surface area contributed by atoms with Crippen LogP contribution in [0, 0.1) is 12.7 Å². The van der Waals surface area contributed by atoms with Gasteiger partial charge in [-0.15, -0.1) is 0 Å². The summed E-state index contributed by atoms with van der Waals surface area (Å²) >= 11 is 0. The van der Waals surface area contributed by atoms with Gasteiger partial charge in [-0.2, -0.15) is 13.2 Å². The van der Waals surface area contributed by atoms with Crippen LogP contribution in [0.25, 0.3) is 0 Å². The predicted octanol–water partition coefficient (Wildman–Crippen LogP) is 1.53. The van der Waals surface area contributed by atoms with Gasteiger partial charge in [0.1, 0.15) is 0 Å². The van der Waals surface area contributed by atoms with E-state index in [9.17, 15) is 17.6 Å².